The van der Waals surface area contributed by atoms with Gasteiger partial charge in [-0.2, -0.15) is 5.10 Å². The van der Waals surface area contributed by atoms with Gasteiger partial charge in [0, 0.05) is 18.7 Å². The highest BCUT2D eigenvalue weighted by Crippen LogP contribution is 2.32. The van der Waals surface area contributed by atoms with Crippen LogP contribution in [0.25, 0.3) is 11.0 Å². The molecule has 8 nitrogen and oxygen atoms in total. The van der Waals surface area contributed by atoms with Crippen molar-refractivity contribution in [1.29, 1.82) is 0 Å². The fraction of sp³-hybridized carbons (Fsp3) is 0.286. The molecule has 1 heterocycles. The third kappa shape index (κ3) is 4.68. The largest absolute Gasteiger partial charge is 0.496 e. The molecule has 0 atom stereocenters. The van der Waals surface area contributed by atoms with E-state index >= 15 is 0 Å². The molecule has 3 rings (SSSR count). The maximum Gasteiger partial charge on any atom is 0.250 e. The number of hydrogen-bond donors (Lipinski definition) is 1. The number of benzene rings is 2. The first kappa shape index (κ1) is 21.5. The predicted octanol–water partition coefficient (Wildman–Crippen LogP) is 3.32. The van der Waals surface area contributed by atoms with Crippen LogP contribution in [-0.2, 0) is 11.3 Å². The van der Waals surface area contributed by atoms with Crippen LogP contribution in [0.2, 0.25) is 0 Å². The Labute approximate surface area is 179 Å². The molecule has 0 spiro atoms. The zero-order chi connectivity index (χ0) is 21.5. The van der Waals surface area contributed by atoms with Gasteiger partial charge in [-0.25, -0.2) is 10.4 Å². The van der Waals surface area contributed by atoms with E-state index in [0.717, 1.165) is 22.7 Å². The number of hydrogen-bond acceptors (Lipinski definition) is 7. The van der Waals surface area contributed by atoms with Gasteiger partial charge in [-0.15, -0.1) is 0 Å². The minimum atomic E-state index is -0.239. The summed E-state index contributed by atoms with van der Waals surface area (Å²) in [5.41, 5.74) is 5.10. The second-order valence-corrected chi connectivity index (χ2v) is 7.10. The first-order chi connectivity index (χ1) is 14.6. The fourth-order valence-electron chi connectivity index (χ4n) is 2.96. The Morgan fingerprint density at radius 1 is 1.17 bits per heavy atom. The van der Waals surface area contributed by atoms with Crippen LogP contribution in [0.3, 0.4) is 0 Å². The number of nitrogens with zero attached hydrogens (tertiary/aromatic N) is 3. The molecule has 0 saturated heterocycles. The Morgan fingerprint density at radius 3 is 2.50 bits per heavy atom. The zero-order valence-electron chi connectivity index (χ0n) is 17.3. The lowest BCUT2D eigenvalue weighted by Gasteiger charge is -2.12. The van der Waals surface area contributed by atoms with Crippen LogP contribution in [0, 0.1) is 0 Å². The minimum Gasteiger partial charge on any atom is -0.496 e. The van der Waals surface area contributed by atoms with Crippen molar-refractivity contribution in [3.05, 3.63) is 42.0 Å². The van der Waals surface area contributed by atoms with Gasteiger partial charge in [-0.05, 0) is 19.1 Å². The van der Waals surface area contributed by atoms with E-state index in [-0.39, 0.29) is 11.7 Å². The highest BCUT2D eigenvalue weighted by Gasteiger charge is 2.13. The van der Waals surface area contributed by atoms with Crippen molar-refractivity contribution < 1.29 is 19.0 Å². The van der Waals surface area contributed by atoms with Gasteiger partial charge in [0.1, 0.15) is 17.2 Å². The van der Waals surface area contributed by atoms with Crippen LogP contribution >= 0.6 is 11.8 Å². The Balaban J connectivity index is 1.66. The number of amides is 1. The van der Waals surface area contributed by atoms with E-state index in [4.69, 9.17) is 14.2 Å². The number of aromatic nitrogens is 2. The van der Waals surface area contributed by atoms with E-state index in [2.05, 4.69) is 27.0 Å². The molecule has 0 radical (unpaired) electrons. The molecule has 0 saturated carbocycles. The van der Waals surface area contributed by atoms with Crippen molar-refractivity contribution in [2.24, 2.45) is 5.10 Å². The van der Waals surface area contributed by atoms with Gasteiger partial charge in [0.25, 0.3) is 5.91 Å². The van der Waals surface area contributed by atoms with E-state index in [1.54, 1.807) is 33.5 Å². The van der Waals surface area contributed by atoms with E-state index < -0.39 is 0 Å². The molecule has 0 aliphatic carbocycles. The summed E-state index contributed by atoms with van der Waals surface area (Å²) >= 11 is 1.37. The number of aryl methyl sites for hydroxylation is 1. The van der Waals surface area contributed by atoms with Crippen LogP contribution in [0.5, 0.6) is 17.2 Å². The number of thioether (sulfide) groups is 1. The monoisotopic (exact) mass is 428 g/mol. The van der Waals surface area contributed by atoms with Crippen LogP contribution < -0.4 is 19.6 Å². The number of hydrazone groups is 1. The van der Waals surface area contributed by atoms with Crippen molar-refractivity contribution in [3.8, 4) is 17.2 Å². The molecular formula is C21H24N4O4S. The molecule has 30 heavy (non-hydrogen) atoms. The topological polar surface area (TPSA) is 87.0 Å². The molecule has 0 bridgehead atoms. The van der Waals surface area contributed by atoms with Crippen LogP contribution in [0.1, 0.15) is 12.5 Å². The number of nitrogens with one attached hydrogen (secondary N) is 1. The molecule has 158 valence electrons. The summed E-state index contributed by atoms with van der Waals surface area (Å²) in [7, 11) is 4.65. The fourth-order valence-corrected chi connectivity index (χ4v) is 3.83. The lowest BCUT2D eigenvalue weighted by Crippen LogP contribution is -2.20. The highest BCUT2D eigenvalue weighted by atomic mass is 32.2. The number of rotatable bonds is 9. The molecule has 1 amide bonds. The number of ether oxygens (including phenoxy) is 3. The van der Waals surface area contributed by atoms with E-state index in [1.807, 2.05) is 24.3 Å². The number of carbonyl (C=O) groups is 1. The van der Waals surface area contributed by atoms with Crippen molar-refractivity contribution >= 4 is 34.9 Å². The van der Waals surface area contributed by atoms with Crippen molar-refractivity contribution in [2.75, 3.05) is 27.1 Å². The molecule has 0 aliphatic rings. The van der Waals surface area contributed by atoms with Crippen LogP contribution in [0.15, 0.2) is 46.7 Å². The van der Waals surface area contributed by atoms with Gasteiger partial charge in [-0.1, -0.05) is 23.9 Å². The number of fused-ring (bicyclic) bond motifs is 1. The quantitative estimate of drug-likeness (QED) is 0.320. The van der Waals surface area contributed by atoms with Gasteiger partial charge >= 0.3 is 0 Å². The average Bonchev–Trinajstić information content (AvgIpc) is 3.14. The number of imidazole rings is 1. The molecule has 1 aromatic heterocycles. The second-order valence-electron chi connectivity index (χ2n) is 6.15. The van der Waals surface area contributed by atoms with Gasteiger partial charge in [0.2, 0.25) is 0 Å². The standard InChI is InChI=1S/C21H24N4O4S/c1-5-25-17-9-7-6-8-16(17)23-21(25)30-13-20(26)24-22-12-15-18(28-3)10-14(27-2)11-19(15)29-4/h6-12H,5,13H2,1-4H3,(H,24,26)/b22-12+. The molecule has 0 fully saturated rings. The molecule has 9 heteroatoms. The van der Waals surface area contributed by atoms with Crippen LogP contribution in [-0.4, -0.2) is 48.8 Å². The Bertz CT molecular complexity index is 1040. The molecule has 2 aromatic carbocycles. The van der Waals surface area contributed by atoms with E-state index in [9.17, 15) is 4.79 Å². The number of para-hydroxylation sites is 2. The lowest BCUT2D eigenvalue weighted by molar-refractivity contribution is -0.118. The molecule has 1 N–H and O–H groups in total. The maximum atomic E-state index is 12.3. The van der Waals surface area contributed by atoms with Gasteiger partial charge < -0.3 is 18.8 Å². The summed E-state index contributed by atoms with van der Waals surface area (Å²) in [5, 5.41) is 4.85. The van der Waals surface area contributed by atoms with Crippen molar-refractivity contribution in [2.45, 2.75) is 18.6 Å². The molecule has 0 aliphatic heterocycles. The normalized spacial score (nSPS) is 11.1. The Morgan fingerprint density at radius 2 is 1.87 bits per heavy atom. The average molecular weight is 429 g/mol. The van der Waals surface area contributed by atoms with Gasteiger partial charge in [0.15, 0.2) is 5.16 Å². The maximum absolute atomic E-state index is 12.3. The van der Waals surface area contributed by atoms with E-state index in [0.29, 0.717) is 22.8 Å². The molecular weight excluding hydrogens is 404 g/mol. The summed E-state index contributed by atoms with van der Waals surface area (Å²) in [4.78, 5) is 16.9. The third-order valence-electron chi connectivity index (χ3n) is 4.40. The third-order valence-corrected chi connectivity index (χ3v) is 5.38. The first-order valence-electron chi connectivity index (χ1n) is 9.31. The smallest absolute Gasteiger partial charge is 0.250 e. The number of carbonyl (C=O) groups excluding carboxylic acids is 1. The minimum absolute atomic E-state index is 0.192. The van der Waals surface area contributed by atoms with Gasteiger partial charge in [0.05, 0.1) is 49.9 Å². The van der Waals surface area contributed by atoms with Crippen LogP contribution in [0.4, 0.5) is 0 Å². The summed E-state index contributed by atoms with van der Waals surface area (Å²) in [6.07, 6.45) is 1.49. The lowest BCUT2D eigenvalue weighted by atomic mass is 10.2. The zero-order valence-corrected chi connectivity index (χ0v) is 18.2. The molecule has 3 aromatic rings. The Hall–Kier alpha value is -3.20. The first-order valence-corrected chi connectivity index (χ1v) is 10.3. The SMILES string of the molecule is CCn1c(SCC(=O)N/N=C/c2c(OC)cc(OC)cc2OC)nc2ccccc21. The van der Waals surface area contributed by atoms with Crippen molar-refractivity contribution in [1.82, 2.24) is 15.0 Å². The summed E-state index contributed by atoms with van der Waals surface area (Å²) < 4.78 is 18.1. The summed E-state index contributed by atoms with van der Waals surface area (Å²) in [5.74, 6) is 1.60. The Kier molecular flexibility index (Phi) is 7.18. The highest BCUT2D eigenvalue weighted by molar-refractivity contribution is 7.99. The summed E-state index contributed by atoms with van der Waals surface area (Å²) in [6.45, 7) is 2.83. The summed E-state index contributed by atoms with van der Waals surface area (Å²) in [6, 6.07) is 11.4. The van der Waals surface area contributed by atoms with E-state index in [1.165, 1.54) is 18.0 Å². The predicted molar refractivity (Wildman–Crippen MR) is 118 cm³/mol. The van der Waals surface area contributed by atoms with Crippen molar-refractivity contribution in [3.63, 3.8) is 0 Å². The molecule has 0 unspecified atom stereocenters. The number of methoxy groups -OCH3 is 3. The van der Waals surface area contributed by atoms with Gasteiger partial charge in [-0.3, -0.25) is 4.79 Å². The second kappa shape index (κ2) is 10.0.